The standard InChI is InChI=1S/C18H16F2N2O5/c1-9-15(18(25)26)7-13(27-9)8-21-16(23)14-2-3-22(17(14)24)12-5-10(19)4-11(20)6-12/h4-7,14H,2-3,8H2,1H3,(H,21,23)(H,25,26)/t14-/m0/s1. The van der Waals surface area contributed by atoms with Gasteiger partial charge in [-0.15, -0.1) is 0 Å². The van der Waals surface area contributed by atoms with Gasteiger partial charge in [0.05, 0.1) is 6.54 Å². The van der Waals surface area contributed by atoms with Gasteiger partial charge in [-0.3, -0.25) is 9.59 Å². The Hall–Kier alpha value is -3.23. The quantitative estimate of drug-likeness (QED) is 0.778. The number of aryl methyl sites for hydroxylation is 1. The zero-order chi connectivity index (χ0) is 19.7. The van der Waals surface area contributed by atoms with Crippen molar-refractivity contribution in [1.82, 2.24) is 5.32 Å². The molecular formula is C18H16F2N2O5. The largest absolute Gasteiger partial charge is 0.478 e. The van der Waals surface area contributed by atoms with Crippen molar-refractivity contribution in [1.29, 1.82) is 0 Å². The molecule has 0 bridgehead atoms. The van der Waals surface area contributed by atoms with Crippen LogP contribution in [0.25, 0.3) is 0 Å². The molecule has 1 saturated heterocycles. The molecule has 2 amide bonds. The van der Waals surface area contributed by atoms with Crippen LogP contribution in [0, 0.1) is 24.5 Å². The van der Waals surface area contributed by atoms with E-state index in [1.54, 1.807) is 0 Å². The van der Waals surface area contributed by atoms with Crippen LogP contribution in [0.1, 0.15) is 28.3 Å². The first-order valence-corrected chi connectivity index (χ1v) is 8.14. The highest BCUT2D eigenvalue weighted by Gasteiger charge is 2.37. The van der Waals surface area contributed by atoms with Gasteiger partial charge in [0.2, 0.25) is 11.8 Å². The van der Waals surface area contributed by atoms with E-state index in [2.05, 4.69) is 5.32 Å². The second-order valence-corrected chi connectivity index (χ2v) is 6.16. The maximum atomic E-state index is 13.4. The average Bonchev–Trinajstić information content (AvgIpc) is 3.14. The number of carbonyl (C=O) groups is 3. The molecular weight excluding hydrogens is 362 g/mol. The summed E-state index contributed by atoms with van der Waals surface area (Å²) in [6.07, 6.45) is 0.195. The third kappa shape index (κ3) is 3.81. The number of amides is 2. The summed E-state index contributed by atoms with van der Waals surface area (Å²) in [4.78, 5) is 36.9. The van der Waals surface area contributed by atoms with E-state index >= 15 is 0 Å². The van der Waals surface area contributed by atoms with E-state index in [1.807, 2.05) is 0 Å². The van der Waals surface area contributed by atoms with E-state index < -0.39 is 35.3 Å². The summed E-state index contributed by atoms with van der Waals surface area (Å²) < 4.78 is 32.0. The Labute approximate surface area is 152 Å². The Morgan fingerprint density at radius 3 is 2.52 bits per heavy atom. The maximum Gasteiger partial charge on any atom is 0.339 e. The van der Waals surface area contributed by atoms with Crippen LogP contribution in [0.3, 0.4) is 0 Å². The predicted octanol–water partition coefficient (Wildman–Crippen LogP) is 2.23. The summed E-state index contributed by atoms with van der Waals surface area (Å²) in [5.41, 5.74) is 0.0519. The number of carboxylic acids is 1. The molecule has 1 aromatic heterocycles. The van der Waals surface area contributed by atoms with Crippen molar-refractivity contribution in [2.45, 2.75) is 19.9 Å². The van der Waals surface area contributed by atoms with E-state index in [1.165, 1.54) is 13.0 Å². The van der Waals surface area contributed by atoms with Gasteiger partial charge in [0, 0.05) is 18.3 Å². The van der Waals surface area contributed by atoms with Crippen LogP contribution < -0.4 is 10.2 Å². The molecule has 142 valence electrons. The number of nitrogens with zero attached hydrogens (tertiary/aromatic N) is 1. The fourth-order valence-electron chi connectivity index (χ4n) is 3.02. The minimum Gasteiger partial charge on any atom is -0.478 e. The minimum absolute atomic E-state index is 0.00417. The van der Waals surface area contributed by atoms with Crippen LogP contribution in [-0.2, 0) is 16.1 Å². The molecule has 1 atom stereocenters. The van der Waals surface area contributed by atoms with Gasteiger partial charge in [0.1, 0.15) is 34.6 Å². The molecule has 2 heterocycles. The second-order valence-electron chi connectivity index (χ2n) is 6.16. The Bertz CT molecular complexity index is 904. The lowest BCUT2D eigenvalue weighted by atomic mass is 10.1. The van der Waals surface area contributed by atoms with Crippen molar-refractivity contribution in [3.63, 3.8) is 0 Å². The van der Waals surface area contributed by atoms with Crippen LogP contribution in [0.15, 0.2) is 28.7 Å². The molecule has 9 heteroatoms. The third-order valence-electron chi connectivity index (χ3n) is 4.32. The summed E-state index contributed by atoms with van der Waals surface area (Å²) >= 11 is 0. The van der Waals surface area contributed by atoms with Crippen LogP contribution in [0.2, 0.25) is 0 Å². The molecule has 1 fully saturated rings. The zero-order valence-corrected chi connectivity index (χ0v) is 14.3. The number of furan rings is 1. The minimum atomic E-state index is -1.14. The molecule has 0 radical (unpaired) electrons. The summed E-state index contributed by atoms with van der Waals surface area (Å²) in [7, 11) is 0. The van der Waals surface area contributed by atoms with E-state index in [9.17, 15) is 23.2 Å². The first-order chi connectivity index (χ1) is 12.8. The highest BCUT2D eigenvalue weighted by molar-refractivity contribution is 6.09. The van der Waals surface area contributed by atoms with Gasteiger partial charge in [-0.05, 0) is 31.5 Å². The fraction of sp³-hybridized carbons (Fsp3) is 0.278. The van der Waals surface area contributed by atoms with Gasteiger partial charge in [-0.2, -0.15) is 0 Å². The van der Waals surface area contributed by atoms with E-state index in [4.69, 9.17) is 9.52 Å². The number of carboxylic acid groups (broad SMARTS) is 1. The van der Waals surface area contributed by atoms with Crippen LogP contribution in [0.4, 0.5) is 14.5 Å². The zero-order valence-electron chi connectivity index (χ0n) is 14.3. The van der Waals surface area contributed by atoms with Gasteiger partial charge in [0.15, 0.2) is 0 Å². The molecule has 2 N–H and O–H groups in total. The first-order valence-electron chi connectivity index (χ1n) is 8.14. The highest BCUT2D eigenvalue weighted by Crippen LogP contribution is 2.27. The van der Waals surface area contributed by atoms with Crippen molar-refractivity contribution < 1.29 is 32.7 Å². The number of halogens is 2. The van der Waals surface area contributed by atoms with Gasteiger partial charge >= 0.3 is 5.97 Å². The molecule has 0 aliphatic carbocycles. The number of rotatable bonds is 5. The Balaban J connectivity index is 1.65. The molecule has 7 nitrogen and oxygen atoms in total. The number of carbonyl (C=O) groups excluding carboxylic acids is 2. The summed E-state index contributed by atoms with van der Waals surface area (Å²) in [5, 5.41) is 11.5. The summed E-state index contributed by atoms with van der Waals surface area (Å²) in [6, 6.07) is 4.06. The number of anilines is 1. The van der Waals surface area contributed by atoms with Gasteiger partial charge in [0.25, 0.3) is 0 Å². The molecule has 1 aromatic carbocycles. The number of benzene rings is 1. The number of hydrogen-bond donors (Lipinski definition) is 2. The van der Waals surface area contributed by atoms with Crippen LogP contribution in [0.5, 0.6) is 0 Å². The van der Waals surface area contributed by atoms with Crippen molar-refractivity contribution in [3.8, 4) is 0 Å². The van der Waals surface area contributed by atoms with Gasteiger partial charge < -0.3 is 19.7 Å². The molecule has 1 aliphatic heterocycles. The van der Waals surface area contributed by atoms with Crippen LogP contribution in [-0.4, -0.2) is 29.4 Å². The topological polar surface area (TPSA) is 99.9 Å². The van der Waals surface area contributed by atoms with E-state index in [0.29, 0.717) is 6.07 Å². The van der Waals surface area contributed by atoms with Gasteiger partial charge in [-0.25, -0.2) is 13.6 Å². The van der Waals surface area contributed by atoms with E-state index in [-0.39, 0.29) is 42.3 Å². The molecule has 0 spiro atoms. The SMILES string of the molecule is Cc1oc(CNC(=O)[C@@H]2CCN(c3cc(F)cc(F)c3)C2=O)cc1C(=O)O. The number of nitrogens with one attached hydrogen (secondary N) is 1. The van der Waals surface area contributed by atoms with Crippen molar-refractivity contribution in [3.05, 3.63) is 53.0 Å². The normalized spacial score (nSPS) is 16.6. The Morgan fingerprint density at radius 1 is 1.26 bits per heavy atom. The summed E-state index contributed by atoms with van der Waals surface area (Å²) in [5.74, 6) is -4.43. The molecule has 3 rings (SSSR count). The van der Waals surface area contributed by atoms with Crippen molar-refractivity contribution in [2.75, 3.05) is 11.4 Å². The lowest BCUT2D eigenvalue weighted by molar-refractivity contribution is -0.132. The predicted molar refractivity (Wildman–Crippen MR) is 89.1 cm³/mol. The first kappa shape index (κ1) is 18.6. The Kier molecular flexibility index (Phi) is 4.93. The molecule has 0 unspecified atom stereocenters. The second kappa shape index (κ2) is 7.18. The number of aromatic carboxylic acids is 1. The monoisotopic (exact) mass is 378 g/mol. The third-order valence-corrected chi connectivity index (χ3v) is 4.32. The fourth-order valence-corrected chi connectivity index (χ4v) is 3.02. The maximum absolute atomic E-state index is 13.4. The highest BCUT2D eigenvalue weighted by atomic mass is 19.1. The molecule has 2 aromatic rings. The molecule has 27 heavy (non-hydrogen) atoms. The number of hydrogen-bond acceptors (Lipinski definition) is 4. The molecule has 1 aliphatic rings. The summed E-state index contributed by atoms with van der Waals surface area (Å²) in [6.45, 7) is 1.57. The van der Waals surface area contributed by atoms with Crippen molar-refractivity contribution >= 4 is 23.5 Å². The average molecular weight is 378 g/mol. The lowest BCUT2D eigenvalue weighted by Gasteiger charge is -2.17. The van der Waals surface area contributed by atoms with E-state index in [0.717, 1.165) is 17.0 Å². The lowest BCUT2D eigenvalue weighted by Crippen LogP contribution is -2.36. The van der Waals surface area contributed by atoms with Crippen LogP contribution >= 0.6 is 0 Å². The smallest absolute Gasteiger partial charge is 0.339 e. The van der Waals surface area contributed by atoms with Gasteiger partial charge in [-0.1, -0.05) is 0 Å². The van der Waals surface area contributed by atoms with Crippen molar-refractivity contribution in [2.24, 2.45) is 5.92 Å². The Morgan fingerprint density at radius 2 is 1.93 bits per heavy atom. The molecule has 0 saturated carbocycles.